The minimum atomic E-state index is -0.167. The number of amides is 1. The lowest BCUT2D eigenvalue weighted by atomic mass is 10.1. The van der Waals surface area contributed by atoms with Gasteiger partial charge in [-0.1, -0.05) is 0 Å². The molecule has 0 unspecified atom stereocenters. The van der Waals surface area contributed by atoms with Gasteiger partial charge in [-0.05, 0) is 39.3 Å². The Morgan fingerprint density at radius 3 is 2.86 bits per heavy atom. The van der Waals surface area contributed by atoms with Crippen LogP contribution in [0.15, 0.2) is 6.07 Å². The highest BCUT2D eigenvalue weighted by Gasteiger charge is 2.18. The largest absolute Gasteiger partial charge is 0.397 e. The Hall–Kier alpha value is -1.66. The first-order chi connectivity index (χ1) is 9.90. The standard InChI is InChI=1S/C15H21N3O2S/c1-8(2)20-6-5-17-14(19)13-12(16)11-9(3)7-10(4)18-15(11)21-13/h7-8H,5-6,16H2,1-4H3,(H,17,19). The summed E-state index contributed by atoms with van der Waals surface area (Å²) in [5.74, 6) is -0.167. The lowest BCUT2D eigenvalue weighted by molar-refractivity contribution is 0.0748. The molecule has 6 heteroatoms. The van der Waals surface area contributed by atoms with Gasteiger partial charge in [0.25, 0.3) is 5.91 Å². The van der Waals surface area contributed by atoms with Gasteiger partial charge in [0.1, 0.15) is 9.71 Å². The molecule has 2 rings (SSSR count). The van der Waals surface area contributed by atoms with E-state index in [0.29, 0.717) is 23.7 Å². The molecular formula is C15H21N3O2S. The van der Waals surface area contributed by atoms with Crippen LogP contribution in [0.25, 0.3) is 10.2 Å². The number of hydrogen-bond donors (Lipinski definition) is 2. The molecule has 5 nitrogen and oxygen atoms in total. The Morgan fingerprint density at radius 1 is 1.48 bits per heavy atom. The summed E-state index contributed by atoms with van der Waals surface area (Å²) in [6.45, 7) is 8.80. The molecule has 0 saturated carbocycles. The van der Waals surface area contributed by atoms with Crippen LogP contribution < -0.4 is 11.1 Å². The van der Waals surface area contributed by atoms with Gasteiger partial charge < -0.3 is 15.8 Å². The summed E-state index contributed by atoms with van der Waals surface area (Å²) in [7, 11) is 0. The van der Waals surface area contributed by atoms with Crippen molar-refractivity contribution in [2.75, 3.05) is 18.9 Å². The average molecular weight is 307 g/mol. The van der Waals surface area contributed by atoms with Gasteiger partial charge in [0.05, 0.1) is 18.4 Å². The molecule has 0 aliphatic rings. The highest BCUT2D eigenvalue weighted by atomic mass is 32.1. The lowest BCUT2D eigenvalue weighted by Gasteiger charge is -2.08. The molecule has 1 amide bonds. The number of fused-ring (bicyclic) bond motifs is 1. The number of nitrogens with zero attached hydrogens (tertiary/aromatic N) is 1. The highest BCUT2D eigenvalue weighted by molar-refractivity contribution is 7.21. The van der Waals surface area contributed by atoms with Crippen LogP contribution in [0.3, 0.4) is 0 Å². The van der Waals surface area contributed by atoms with Crippen LogP contribution in [-0.2, 0) is 4.74 Å². The number of pyridine rings is 1. The van der Waals surface area contributed by atoms with Gasteiger partial charge in [-0.25, -0.2) is 4.98 Å². The molecule has 0 radical (unpaired) electrons. The van der Waals surface area contributed by atoms with E-state index in [2.05, 4.69) is 10.3 Å². The van der Waals surface area contributed by atoms with Crippen LogP contribution >= 0.6 is 11.3 Å². The van der Waals surface area contributed by atoms with Crippen molar-refractivity contribution in [1.29, 1.82) is 0 Å². The first kappa shape index (κ1) is 15.7. The summed E-state index contributed by atoms with van der Waals surface area (Å²) in [5.41, 5.74) is 8.62. The molecule has 21 heavy (non-hydrogen) atoms. The number of anilines is 1. The number of nitrogens with two attached hydrogens (primary N) is 1. The maximum absolute atomic E-state index is 12.2. The molecule has 3 N–H and O–H groups in total. The van der Waals surface area contributed by atoms with Crippen molar-refractivity contribution in [2.45, 2.75) is 33.8 Å². The molecule has 0 aliphatic carbocycles. The van der Waals surface area contributed by atoms with Gasteiger partial charge in [-0.3, -0.25) is 4.79 Å². The molecule has 0 aliphatic heterocycles. The normalized spacial score (nSPS) is 11.3. The zero-order valence-corrected chi connectivity index (χ0v) is 13.6. The minimum Gasteiger partial charge on any atom is -0.397 e. The van der Waals surface area contributed by atoms with E-state index in [0.717, 1.165) is 21.5 Å². The quantitative estimate of drug-likeness (QED) is 0.833. The van der Waals surface area contributed by atoms with Gasteiger partial charge in [0.2, 0.25) is 0 Å². The predicted octanol–water partition coefficient (Wildman–Crippen LogP) is 2.65. The Bertz CT molecular complexity index is 664. The molecule has 2 aromatic heterocycles. The number of hydrogen-bond acceptors (Lipinski definition) is 5. The lowest BCUT2D eigenvalue weighted by Crippen LogP contribution is -2.27. The number of ether oxygens (including phenoxy) is 1. The maximum atomic E-state index is 12.2. The van der Waals surface area contributed by atoms with Crippen molar-refractivity contribution in [3.05, 3.63) is 22.2 Å². The van der Waals surface area contributed by atoms with E-state index in [1.807, 2.05) is 33.8 Å². The molecule has 2 aromatic rings. The third-order valence-electron chi connectivity index (χ3n) is 3.07. The Labute approximate surface area is 128 Å². The predicted molar refractivity (Wildman–Crippen MR) is 86.9 cm³/mol. The first-order valence-electron chi connectivity index (χ1n) is 6.96. The van der Waals surface area contributed by atoms with E-state index in [-0.39, 0.29) is 12.0 Å². The summed E-state index contributed by atoms with van der Waals surface area (Å²) in [6.07, 6.45) is 0.158. The number of carbonyl (C=O) groups excluding carboxylic acids is 1. The molecule has 0 fully saturated rings. The SMILES string of the molecule is Cc1cc(C)c2c(N)c(C(=O)NCCOC(C)C)sc2n1. The fourth-order valence-corrected chi connectivity index (χ4v) is 3.31. The minimum absolute atomic E-state index is 0.158. The number of aryl methyl sites for hydroxylation is 2. The monoisotopic (exact) mass is 307 g/mol. The van der Waals surface area contributed by atoms with Crippen molar-refractivity contribution in [3.8, 4) is 0 Å². The number of nitrogens with one attached hydrogen (secondary N) is 1. The van der Waals surface area contributed by atoms with E-state index < -0.39 is 0 Å². The van der Waals surface area contributed by atoms with Crippen LogP contribution in [0, 0.1) is 13.8 Å². The summed E-state index contributed by atoms with van der Waals surface area (Å²) in [6, 6.07) is 1.98. The van der Waals surface area contributed by atoms with Crippen LogP contribution in [0.5, 0.6) is 0 Å². The highest BCUT2D eigenvalue weighted by Crippen LogP contribution is 2.34. The second-order valence-electron chi connectivity index (χ2n) is 5.28. The zero-order chi connectivity index (χ0) is 15.6. The van der Waals surface area contributed by atoms with Crippen LogP contribution in [-0.4, -0.2) is 30.1 Å². The van der Waals surface area contributed by atoms with E-state index in [1.54, 1.807) is 0 Å². The molecular weight excluding hydrogens is 286 g/mol. The smallest absolute Gasteiger partial charge is 0.263 e. The molecule has 0 spiro atoms. The summed E-state index contributed by atoms with van der Waals surface area (Å²) in [5, 5.41) is 3.71. The fraction of sp³-hybridized carbons (Fsp3) is 0.467. The molecule has 0 atom stereocenters. The van der Waals surface area contributed by atoms with Gasteiger partial charge in [-0.2, -0.15) is 0 Å². The van der Waals surface area contributed by atoms with Crippen molar-refractivity contribution in [2.24, 2.45) is 0 Å². The Morgan fingerprint density at radius 2 is 2.19 bits per heavy atom. The van der Waals surface area contributed by atoms with Crippen LogP contribution in [0.1, 0.15) is 34.8 Å². The van der Waals surface area contributed by atoms with E-state index in [9.17, 15) is 4.79 Å². The second-order valence-corrected chi connectivity index (χ2v) is 6.28. The van der Waals surface area contributed by atoms with E-state index in [4.69, 9.17) is 10.5 Å². The van der Waals surface area contributed by atoms with Gasteiger partial charge in [0.15, 0.2) is 0 Å². The summed E-state index contributed by atoms with van der Waals surface area (Å²) >= 11 is 1.34. The summed E-state index contributed by atoms with van der Waals surface area (Å²) < 4.78 is 5.40. The second kappa shape index (κ2) is 6.41. The van der Waals surface area contributed by atoms with Crippen molar-refractivity contribution < 1.29 is 9.53 Å². The Balaban J connectivity index is 2.16. The van der Waals surface area contributed by atoms with Crippen molar-refractivity contribution >= 4 is 33.1 Å². The molecule has 2 heterocycles. The molecule has 114 valence electrons. The van der Waals surface area contributed by atoms with E-state index >= 15 is 0 Å². The molecule has 0 aromatic carbocycles. The summed E-state index contributed by atoms with van der Waals surface area (Å²) in [4.78, 5) is 18.0. The van der Waals surface area contributed by atoms with Crippen LogP contribution in [0.4, 0.5) is 5.69 Å². The Kier molecular flexibility index (Phi) is 4.80. The van der Waals surface area contributed by atoms with Crippen LogP contribution in [0.2, 0.25) is 0 Å². The number of carbonyl (C=O) groups is 1. The number of aromatic nitrogens is 1. The third-order valence-corrected chi connectivity index (χ3v) is 4.17. The maximum Gasteiger partial charge on any atom is 0.263 e. The van der Waals surface area contributed by atoms with Gasteiger partial charge in [-0.15, -0.1) is 11.3 Å². The fourth-order valence-electron chi connectivity index (χ4n) is 2.18. The van der Waals surface area contributed by atoms with Crippen molar-refractivity contribution in [3.63, 3.8) is 0 Å². The zero-order valence-electron chi connectivity index (χ0n) is 12.8. The first-order valence-corrected chi connectivity index (χ1v) is 7.77. The van der Waals surface area contributed by atoms with Gasteiger partial charge in [0, 0.05) is 17.6 Å². The van der Waals surface area contributed by atoms with Gasteiger partial charge >= 0.3 is 0 Å². The molecule has 0 bridgehead atoms. The topological polar surface area (TPSA) is 77.2 Å². The number of thiophene rings is 1. The molecule has 0 saturated heterocycles. The number of nitrogen functional groups attached to an aromatic ring is 1. The van der Waals surface area contributed by atoms with E-state index in [1.165, 1.54) is 11.3 Å². The third kappa shape index (κ3) is 3.51. The number of rotatable bonds is 5. The van der Waals surface area contributed by atoms with Crippen molar-refractivity contribution in [1.82, 2.24) is 10.3 Å². The average Bonchev–Trinajstić information content (AvgIpc) is 2.71.